The Balaban J connectivity index is 1.59. The smallest absolute Gasteiger partial charge is 0.191 e. The Morgan fingerprint density at radius 1 is 1.24 bits per heavy atom. The lowest BCUT2D eigenvalue weighted by Gasteiger charge is -2.21. The van der Waals surface area contributed by atoms with Crippen LogP contribution >= 0.6 is 11.8 Å². The summed E-state index contributed by atoms with van der Waals surface area (Å²) in [6.45, 7) is 2.24. The predicted octanol–water partition coefficient (Wildman–Crippen LogP) is 1.44. The van der Waals surface area contributed by atoms with Crippen molar-refractivity contribution in [1.82, 2.24) is 30.0 Å². The van der Waals surface area contributed by atoms with Gasteiger partial charge in [0.2, 0.25) is 0 Å². The van der Waals surface area contributed by atoms with Crippen LogP contribution in [-0.2, 0) is 19.2 Å². The Bertz CT molecular complexity index is 564. The summed E-state index contributed by atoms with van der Waals surface area (Å²) in [5.74, 6) is 3.36. The Hall–Kier alpha value is -1.47. The monoisotopic (exact) mass is 304 g/mol. The molecule has 2 aromatic rings. The number of thioether (sulfide) groups is 1. The molecule has 0 bridgehead atoms. The van der Waals surface area contributed by atoms with E-state index in [0.29, 0.717) is 0 Å². The van der Waals surface area contributed by atoms with E-state index in [1.807, 2.05) is 13.1 Å². The van der Waals surface area contributed by atoms with E-state index in [4.69, 9.17) is 0 Å². The summed E-state index contributed by atoms with van der Waals surface area (Å²) in [6, 6.07) is 1.83. The number of aromatic nitrogens is 5. The lowest BCUT2D eigenvalue weighted by Crippen LogP contribution is -2.29. The standard InChI is InChI=1S/C14H20N6S/c1-20-13(9-11-3-7-15-8-4-11)18-19-14(20)21-10-12-16-5-2-6-17-12/h2,5-6,11,15H,3-4,7-10H2,1H3. The van der Waals surface area contributed by atoms with Gasteiger partial charge in [0, 0.05) is 25.9 Å². The zero-order valence-electron chi connectivity index (χ0n) is 12.2. The maximum atomic E-state index is 4.35. The molecule has 1 aliphatic heterocycles. The molecule has 0 atom stereocenters. The second kappa shape index (κ2) is 7.00. The van der Waals surface area contributed by atoms with Gasteiger partial charge in [0.15, 0.2) is 5.16 Å². The summed E-state index contributed by atoms with van der Waals surface area (Å²) < 4.78 is 2.11. The Morgan fingerprint density at radius 2 is 2.00 bits per heavy atom. The fraction of sp³-hybridized carbons (Fsp3) is 0.571. The Labute approximate surface area is 128 Å². The maximum Gasteiger partial charge on any atom is 0.191 e. The largest absolute Gasteiger partial charge is 0.317 e. The number of hydrogen-bond acceptors (Lipinski definition) is 6. The summed E-state index contributed by atoms with van der Waals surface area (Å²) in [4.78, 5) is 8.46. The molecule has 1 aliphatic rings. The first-order valence-electron chi connectivity index (χ1n) is 7.30. The summed E-state index contributed by atoms with van der Waals surface area (Å²) in [6.07, 6.45) is 7.01. The van der Waals surface area contributed by atoms with Gasteiger partial charge in [-0.25, -0.2) is 9.97 Å². The molecule has 3 rings (SSSR count). The first-order valence-corrected chi connectivity index (χ1v) is 8.29. The summed E-state index contributed by atoms with van der Waals surface area (Å²) in [5, 5.41) is 13.0. The van der Waals surface area contributed by atoms with Gasteiger partial charge in [0.05, 0.1) is 5.75 Å². The molecule has 0 radical (unpaired) electrons. The second-order valence-electron chi connectivity index (χ2n) is 5.31. The van der Waals surface area contributed by atoms with Crippen LogP contribution in [0.3, 0.4) is 0 Å². The van der Waals surface area contributed by atoms with E-state index < -0.39 is 0 Å². The molecule has 2 aromatic heterocycles. The Kier molecular flexibility index (Phi) is 4.82. The molecule has 1 fully saturated rings. The minimum atomic E-state index is 0.722. The molecule has 0 spiro atoms. The van der Waals surface area contributed by atoms with E-state index in [9.17, 15) is 0 Å². The second-order valence-corrected chi connectivity index (χ2v) is 6.25. The minimum absolute atomic E-state index is 0.722. The fourth-order valence-corrected chi connectivity index (χ4v) is 3.33. The molecule has 0 aromatic carbocycles. The first-order chi connectivity index (χ1) is 10.3. The molecule has 6 nitrogen and oxygen atoms in total. The van der Waals surface area contributed by atoms with Crippen LogP contribution in [0, 0.1) is 5.92 Å². The van der Waals surface area contributed by atoms with E-state index in [-0.39, 0.29) is 0 Å². The average molecular weight is 304 g/mol. The van der Waals surface area contributed by atoms with E-state index >= 15 is 0 Å². The lowest BCUT2D eigenvalue weighted by molar-refractivity contribution is 0.363. The third-order valence-corrected chi connectivity index (χ3v) is 4.82. The maximum absolute atomic E-state index is 4.35. The van der Waals surface area contributed by atoms with Crippen LogP contribution in [-0.4, -0.2) is 37.8 Å². The van der Waals surface area contributed by atoms with E-state index in [0.717, 1.165) is 48.0 Å². The van der Waals surface area contributed by atoms with Gasteiger partial charge in [-0.05, 0) is 37.9 Å². The molecule has 0 saturated carbocycles. The van der Waals surface area contributed by atoms with Gasteiger partial charge in [-0.3, -0.25) is 0 Å². The van der Waals surface area contributed by atoms with Gasteiger partial charge in [0.25, 0.3) is 0 Å². The zero-order chi connectivity index (χ0) is 14.5. The number of piperidine rings is 1. The zero-order valence-corrected chi connectivity index (χ0v) is 13.0. The summed E-state index contributed by atoms with van der Waals surface area (Å²) in [5.41, 5.74) is 0. The van der Waals surface area contributed by atoms with Crippen LogP contribution in [0.4, 0.5) is 0 Å². The number of nitrogens with one attached hydrogen (secondary N) is 1. The molecule has 21 heavy (non-hydrogen) atoms. The lowest BCUT2D eigenvalue weighted by atomic mass is 9.94. The highest BCUT2D eigenvalue weighted by Crippen LogP contribution is 2.22. The molecule has 112 valence electrons. The van der Waals surface area contributed by atoms with Crippen LogP contribution in [0.25, 0.3) is 0 Å². The van der Waals surface area contributed by atoms with E-state index in [1.165, 1.54) is 12.8 Å². The van der Waals surface area contributed by atoms with Crippen LogP contribution in [0.1, 0.15) is 24.5 Å². The molecular weight excluding hydrogens is 284 g/mol. The highest BCUT2D eigenvalue weighted by molar-refractivity contribution is 7.98. The third-order valence-electron chi connectivity index (χ3n) is 3.80. The number of nitrogens with zero attached hydrogens (tertiary/aromatic N) is 5. The molecule has 1 saturated heterocycles. The van der Waals surface area contributed by atoms with Gasteiger partial charge in [0.1, 0.15) is 11.6 Å². The normalized spacial score (nSPS) is 16.2. The molecule has 0 unspecified atom stereocenters. The Morgan fingerprint density at radius 3 is 2.76 bits per heavy atom. The van der Waals surface area contributed by atoms with Gasteiger partial charge < -0.3 is 9.88 Å². The van der Waals surface area contributed by atoms with Gasteiger partial charge in [-0.1, -0.05) is 11.8 Å². The van der Waals surface area contributed by atoms with Crippen molar-refractivity contribution in [2.75, 3.05) is 13.1 Å². The third kappa shape index (κ3) is 3.79. The van der Waals surface area contributed by atoms with Crippen molar-refractivity contribution in [3.05, 3.63) is 30.1 Å². The molecule has 7 heteroatoms. The van der Waals surface area contributed by atoms with Crippen molar-refractivity contribution < 1.29 is 0 Å². The number of hydrogen-bond donors (Lipinski definition) is 1. The number of rotatable bonds is 5. The van der Waals surface area contributed by atoms with E-state index in [2.05, 4.69) is 30.0 Å². The molecule has 0 amide bonds. The van der Waals surface area contributed by atoms with Crippen LogP contribution in [0.5, 0.6) is 0 Å². The summed E-state index contributed by atoms with van der Waals surface area (Å²) in [7, 11) is 2.05. The summed E-state index contributed by atoms with van der Waals surface area (Å²) >= 11 is 1.64. The van der Waals surface area contributed by atoms with Gasteiger partial charge in [-0.2, -0.15) is 0 Å². The van der Waals surface area contributed by atoms with Crippen molar-refractivity contribution in [1.29, 1.82) is 0 Å². The highest BCUT2D eigenvalue weighted by Gasteiger charge is 2.18. The van der Waals surface area contributed by atoms with Crippen molar-refractivity contribution in [3.8, 4) is 0 Å². The molecule has 0 aliphatic carbocycles. The predicted molar refractivity (Wildman–Crippen MR) is 81.9 cm³/mol. The van der Waals surface area contributed by atoms with Gasteiger partial charge >= 0.3 is 0 Å². The van der Waals surface area contributed by atoms with Crippen LogP contribution < -0.4 is 5.32 Å². The van der Waals surface area contributed by atoms with Crippen molar-refractivity contribution in [2.45, 2.75) is 30.2 Å². The average Bonchev–Trinajstić information content (AvgIpc) is 2.88. The van der Waals surface area contributed by atoms with Crippen LogP contribution in [0.2, 0.25) is 0 Å². The topological polar surface area (TPSA) is 68.5 Å². The van der Waals surface area contributed by atoms with E-state index in [1.54, 1.807) is 24.2 Å². The van der Waals surface area contributed by atoms with Crippen molar-refractivity contribution >= 4 is 11.8 Å². The van der Waals surface area contributed by atoms with Crippen molar-refractivity contribution in [3.63, 3.8) is 0 Å². The van der Waals surface area contributed by atoms with Crippen molar-refractivity contribution in [2.24, 2.45) is 13.0 Å². The fourth-order valence-electron chi connectivity index (χ4n) is 2.53. The first kappa shape index (κ1) is 14.5. The minimum Gasteiger partial charge on any atom is -0.317 e. The van der Waals surface area contributed by atoms with Crippen LogP contribution in [0.15, 0.2) is 23.6 Å². The SMILES string of the molecule is Cn1c(CC2CCNCC2)nnc1SCc1ncccn1. The van der Waals surface area contributed by atoms with Gasteiger partial charge in [-0.15, -0.1) is 10.2 Å². The molecule has 1 N–H and O–H groups in total. The highest BCUT2D eigenvalue weighted by atomic mass is 32.2. The molecular formula is C14H20N6S. The quantitative estimate of drug-likeness (QED) is 0.843. The molecule has 3 heterocycles.